The third-order valence-corrected chi connectivity index (χ3v) is 6.81. The minimum absolute atomic E-state index is 0.0368. The predicted octanol–water partition coefficient (Wildman–Crippen LogP) is 7.21. The van der Waals surface area contributed by atoms with Crippen LogP contribution in [0.3, 0.4) is 0 Å². The Kier molecular flexibility index (Phi) is 6.64. The van der Waals surface area contributed by atoms with Crippen molar-refractivity contribution < 1.29 is 18.4 Å². The topological polar surface area (TPSA) is 72.2 Å². The molecule has 5 rings (SSSR count). The van der Waals surface area contributed by atoms with Crippen LogP contribution in [0, 0.1) is 5.82 Å². The number of hydrogen-bond acceptors (Lipinski definition) is 4. The average molecular weight is 507 g/mol. The van der Waals surface area contributed by atoms with Crippen molar-refractivity contribution in [3.8, 4) is 22.5 Å². The van der Waals surface area contributed by atoms with Crippen molar-refractivity contribution in [1.82, 2.24) is 10.3 Å². The lowest BCUT2D eigenvalue weighted by Gasteiger charge is -2.24. The summed E-state index contributed by atoms with van der Waals surface area (Å²) in [5.41, 5.74) is 4.47. The van der Waals surface area contributed by atoms with Gasteiger partial charge in [-0.3, -0.25) is 14.6 Å². The number of benzene rings is 3. The van der Waals surface area contributed by atoms with Crippen LogP contribution >= 0.6 is 0 Å². The van der Waals surface area contributed by atoms with Crippen molar-refractivity contribution in [2.75, 3.05) is 7.05 Å². The molecule has 190 valence electrons. The lowest BCUT2D eigenvalue weighted by Crippen LogP contribution is -2.22. The summed E-state index contributed by atoms with van der Waals surface area (Å²) in [5, 5.41) is 3.31. The molecule has 0 fully saturated rings. The van der Waals surface area contributed by atoms with Crippen LogP contribution in [-0.2, 0) is 5.41 Å². The molecule has 5 nitrogen and oxygen atoms in total. The molecule has 2 heterocycles. The SMILES string of the molecule is CNC(=O)c1c(-c2ccc(F)cc2)oc2ccc(-c3cccc(C(=O)CC(C)(C)c4cccnc4)c3)cc12. The Hall–Kier alpha value is -4.58. The first-order valence-electron chi connectivity index (χ1n) is 12.4. The van der Waals surface area contributed by atoms with Crippen LogP contribution in [0.1, 0.15) is 46.5 Å². The molecule has 0 saturated carbocycles. The summed E-state index contributed by atoms with van der Waals surface area (Å²) in [4.78, 5) is 30.4. The minimum atomic E-state index is -0.369. The van der Waals surface area contributed by atoms with Gasteiger partial charge in [-0.2, -0.15) is 0 Å². The normalized spacial score (nSPS) is 11.5. The van der Waals surface area contributed by atoms with Crippen molar-refractivity contribution in [2.45, 2.75) is 25.7 Å². The molecule has 0 bridgehead atoms. The smallest absolute Gasteiger partial charge is 0.255 e. The van der Waals surface area contributed by atoms with E-state index >= 15 is 0 Å². The van der Waals surface area contributed by atoms with Crippen LogP contribution in [0.2, 0.25) is 0 Å². The second-order valence-electron chi connectivity index (χ2n) is 9.91. The fourth-order valence-corrected chi connectivity index (χ4v) is 4.67. The molecule has 6 heteroatoms. The molecule has 1 N–H and O–H groups in total. The predicted molar refractivity (Wildman–Crippen MR) is 147 cm³/mol. The summed E-state index contributed by atoms with van der Waals surface area (Å²) < 4.78 is 19.6. The zero-order valence-electron chi connectivity index (χ0n) is 21.4. The number of hydrogen-bond donors (Lipinski definition) is 1. The maximum Gasteiger partial charge on any atom is 0.255 e. The molecule has 5 aromatic rings. The summed E-state index contributed by atoms with van der Waals surface area (Å²) in [5.74, 6) is -0.263. The number of nitrogens with one attached hydrogen (secondary N) is 1. The van der Waals surface area contributed by atoms with Crippen molar-refractivity contribution in [3.63, 3.8) is 0 Å². The second kappa shape index (κ2) is 10.1. The minimum Gasteiger partial charge on any atom is -0.455 e. The molecule has 0 aliphatic rings. The van der Waals surface area contributed by atoms with Crippen LogP contribution in [0.4, 0.5) is 4.39 Å². The molecule has 38 heavy (non-hydrogen) atoms. The number of halogens is 1. The van der Waals surface area contributed by atoms with Gasteiger partial charge in [-0.05, 0) is 70.6 Å². The van der Waals surface area contributed by atoms with Crippen molar-refractivity contribution in [2.24, 2.45) is 0 Å². The van der Waals surface area contributed by atoms with E-state index in [1.807, 2.05) is 68.4 Å². The number of pyridine rings is 1. The molecule has 0 spiro atoms. The van der Waals surface area contributed by atoms with E-state index in [2.05, 4.69) is 10.3 Å². The molecule has 0 saturated heterocycles. The van der Waals surface area contributed by atoms with Crippen molar-refractivity contribution in [1.29, 1.82) is 0 Å². The van der Waals surface area contributed by atoms with E-state index in [4.69, 9.17) is 4.42 Å². The molecule has 1 amide bonds. The molecule has 2 aromatic heterocycles. The molecule has 0 aliphatic carbocycles. The zero-order valence-corrected chi connectivity index (χ0v) is 21.4. The molecule has 0 aliphatic heterocycles. The molecular weight excluding hydrogens is 479 g/mol. The van der Waals surface area contributed by atoms with Crippen LogP contribution in [0.25, 0.3) is 33.4 Å². The van der Waals surface area contributed by atoms with Crippen LogP contribution in [0.5, 0.6) is 0 Å². The van der Waals surface area contributed by atoms with Gasteiger partial charge in [-0.1, -0.05) is 44.2 Å². The number of carbonyl (C=O) groups excluding carboxylic acids is 2. The van der Waals surface area contributed by atoms with E-state index < -0.39 is 0 Å². The highest BCUT2D eigenvalue weighted by molar-refractivity contribution is 6.12. The van der Waals surface area contributed by atoms with Crippen LogP contribution in [0.15, 0.2) is 95.7 Å². The standard InChI is InChI=1S/C32H27FN2O3/c1-32(2,24-8-5-15-35-19-24)18-27(36)23-7-4-6-21(16-23)22-11-14-28-26(17-22)29(31(37)34-3)30(38-28)20-9-12-25(33)13-10-20/h4-17,19H,18H2,1-3H3,(H,34,37). The first-order valence-corrected chi connectivity index (χ1v) is 12.4. The number of furan rings is 1. The summed E-state index contributed by atoms with van der Waals surface area (Å²) in [7, 11) is 1.56. The average Bonchev–Trinajstić information content (AvgIpc) is 3.32. The summed E-state index contributed by atoms with van der Waals surface area (Å²) >= 11 is 0. The molecule has 0 unspecified atom stereocenters. The van der Waals surface area contributed by atoms with Crippen LogP contribution < -0.4 is 5.32 Å². The Labute approximate surface area is 220 Å². The first kappa shape index (κ1) is 25.1. The number of amides is 1. The summed E-state index contributed by atoms with van der Waals surface area (Å²) in [6.45, 7) is 4.08. The van der Waals surface area contributed by atoms with Gasteiger partial charge >= 0.3 is 0 Å². The van der Waals surface area contributed by atoms with E-state index in [9.17, 15) is 14.0 Å². The van der Waals surface area contributed by atoms with E-state index in [0.29, 0.717) is 39.8 Å². The van der Waals surface area contributed by atoms with Gasteiger partial charge in [-0.25, -0.2) is 4.39 Å². The first-order chi connectivity index (χ1) is 18.3. The van der Waals surface area contributed by atoms with Gasteiger partial charge in [0.1, 0.15) is 17.2 Å². The molecule has 0 radical (unpaired) electrons. The molecule has 0 atom stereocenters. The Morgan fingerprint density at radius 3 is 2.37 bits per heavy atom. The molecular formula is C32H27FN2O3. The maximum absolute atomic E-state index is 13.5. The third kappa shape index (κ3) is 4.85. The van der Waals surface area contributed by atoms with E-state index in [0.717, 1.165) is 16.7 Å². The van der Waals surface area contributed by atoms with E-state index in [1.54, 1.807) is 31.6 Å². The van der Waals surface area contributed by atoms with E-state index in [-0.39, 0.29) is 22.9 Å². The lowest BCUT2D eigenvalue weighted by molar-refractivity contribution is 0.0952. The highest BCUT2D eigenvalue weighted by atomic mass is 19.1. The van der Waals surface area contributed by atoms with Crippen LogP contribution in [-0.4, -0.2) is 23.7 Å². The number of nitrogens with zero attached hydrogens (tertiary/aromatic N) is 1. The fraction of sp³-hybridized carbons (Fsp3) is 0.156. The maximum atomic E-state index is 13.5. The van der Waals surface area contributed by atoms with Gasteiger partial charge < -0.3 is 9.73 Å². The Morgan fingerprint density at radius 2 is 1.66 bits per heavy atom. The van der Waals surface area contributed by atoms with Gasteiger partial charge in [0.25, 0.3) is 5.91 Å². The quantitative estimate of drug-likeness (QED) is 0.237. The highest BCUT2D eigenvalue weighted by Gasteiger charge is 2.26. The number of aromatic nitrogens is 1. The zero-order chi connectivity index (χ0) is 26.9. The summed E-state index contributed by atoms with van der Waals surface area (Å²) in [6, 6.07) is 22.8. The monoisotopic (exact) mass is 506 g/mol. The second-order valence-corrected chi connectivity index (χ2v) is 9.91. The number of Topliss-reactive ketones (excluding diaryl/α,β-unsaturated/α-hetero) is 1. The largest absolute Gasteiger partial charge is 0.455 e. The van der Waals surface area contributed by atoms with Gasteiger partial charge in [-0.15, -0.1) is 0 Å². The Balaban J connectivity index is 1.52. The number of carbonyl (C=O) groups is 2. The van der Waals surface area contributed by atoms with Gasteiger partial charge in [0.2, 0.25) is 0 Å². The number of ketones is 1. The van der Waals surface area contributed by atoms with E-state index in [1.165, 1.54) is 12.1 Å². The lowest BCUT2D eigenvalue weighted by atomic mass is 9.80. The third-order valence-electron chi connectivity index (χ3n) is 6.81. The highest BCUT2D eigenvalue weighted by Crippen LogP contribution is 2.36. The van der Waals surface area contributed by atoms with Gasteiger partial charge in [0.15, 0.2) is 5.78 Å². The van der Waals surface area contributed by atoms with Gasteiger partial charge in [0, 0.05) is 42.4 Å². The van der Waals surface area contributed by atoms with Crippen molar-refractivity contribution >= 4 is 22.7 Å². The Morgan fingerprint density at radius 1 is 0.921 bits per heavy atom. The van der Waals surface area contributed by atoms with Gasteiger partial charge in [0.05, 0.1) is 5.56 Å². The molecule has 3 aromatic carbocycles. The fourth-order valence-electron chi connectivity index (χ4n) is 4.67. The number of rotatable bonds is 7. The Bertz CT molecular complexity index is 1640. The van der Waals surface area contributed by atoms with Crippen molar-refractivity contribution in [3.05, 3.63) is 114 Å². The summed E-state index contributed by atoms with van der Waals surface area (Å²) in [6.07, 6.45) is 3.86. The number of fused-ring (bicyclic) bond motifs is 1.